The van der Waals surface area contributed by atoms with E-state index in [2.05, 4.69) is 10.3 Å². The van der Waals surface area contributed by atoms with Crippen LogP contribution < -0.4 is 5.32 Å². The van der Waals surface area contributed by atoms with E-state index in [1.54, 1.807) is 18.3 Å². The number of hydrogen-bond acceptors (Lipinski definition) is 4. The van der Waals surface area contributed by atoms with Gasteiger partial charge < -0.3 is 10.2 Å². The Balaban J connectivity index is 2.08. The van der Waals surface area contributed by atoms with Gasteiger partial charge in [-0.15, -0.1) is 11.3 Å². The molecule has 2 heterocycles. The van der Waals surface area contributed by atoms with E-state index < -0.39 is 6.04 Å². The number of rotatable bonds is 2. The van der Waals surface area contributed by atoms with Gasteiger partial charge in [-0.25, -0.2) is 4.98 Å². The van der Waals surface area contributed by atoms with Crippen LogP contribution in [0.5, 0.6) is 0 Å². The Bertz CT molecular complexity index is 429. The average Bonchev–Trinajstić information content (AvgIpc) is 2.60. The normalized spacial score (nSPS) is 21.1. The van der Waals surface area contributed by atoms with Crippen LogP contribution >= 0.6 is 11.3 Å². The van der Waals surface area contributed by atoms with Gasteiger partial charge in [-0.3, -0.25) is 9.59 Å². The van der Waals surface area contributed by atoms with Crippen LogP contribution in [0.3, 0.4) is 0 Å². The third kappa shape index (κ3) is 2.21. The van der Waals surface area contributed by atoms with Gasteiger partial charge in [0.15, 0.2) is 0 Å². The quantitative estimate of drug-likeness (QED) is 0.807. The van der Waals surface area contributed by atoms with Crippen LogP contribution in [0.2, 0.25) is 0 Å². The third-order valence-corrected chi connectivity index (χ3v) is 3.24. The molecule has 16 heavy (non-hydrogen) atoms. The highest BCUT2D eigenvalue weighted by Crippen LogP contribution is 2.12. The van der Waals surface area contributed by atoms with Crippen LogP contribution in [-0.2, 0) is 16.1 Å². The molecule has 1 saturated heterocycles. The van der Waals surface area contributed by atoms with Crippen molar-refractivity contribution in [3.63, 3.8) is 0 Å². The number of thiazole rings is 1. The van der Waals surface area contributed by atoms with Gasteiger partial charge >= 0.3 is 0 Å². The number of carbonyl (C=O) groups excluding carboxylic acids is 2. The average molecular weight is 239 g/mol. The Labute approximate surface area is 97.5 Å². The zero-order chi connectivity index (χ0) is 11.7. The molecule has 1 aliphatic rings. The summed E-state index contributed by atoms with van der Waals surface area (Å²) in [6.45, 7) is 4.15. The molecule has 5 nitrogen and oxygen atoms in total. The second kappa shape index (κ2) is 4.21. The maximum atomic E-state index is 11.8. The van der Waals surface area contributed by atoms with Crippen LogP contribution in [0.25, 0.3) is 0 Å². The Morgan fingerprint density at radius 1 is 1.62 bits per heavy atom. The van der Waals surface area contributed by atoms with Gasteiger partial charge in [-0.05, 0) is 13.8 Å². The second-order valence-corrected chi connectivity index (χ2v) is 4.90. The molecule has 1 atom stereocenters. The topological polar surface area (TPSA) is 62.3 Å². The molecule has 2 amide bonds. The van der Waals surface area contributed by atoms with Crippen molar-refractivity contribution in [1.29, 1.82) is 0 Å². The number of nitrogens with one attached hydrogen (secondary N) is 1. The number of amides is 2. The van der Waals surface area contributed by atoms with Crippen LogP contribution in [0, 0.1) is 6.92 Å². The zero-order valence-electron chi connectivity index (χ0n) is 9.19. The minimum absolute atomic E-state index is 0.0507. The maximum absolute atomic E-state index is 11.8. The summed E-state index contributed by atoms with van der Waals surface area (Å²) in [6.07, 6.45) is 0. The maximum Gasteiger partial charge on any atom is 0.245 e. The minimum atomic E-state index is -0.430. The van der Waals surface area contributed by atoms with Crippen LogP contribution in [0.15, 0.2) is 5.38 Å². The predicted molar refractivity (Wildman–Crippen MR) is 59.9 cm³/mol. The molecule has 1 aliphatic heterocycles. The van der Waals surface area contributed by atoms with E-state index in [4.69, 9.17) is 0 Å². The van der Waals surface area contributed by atoms with E-state index in [9.17, 15) is 9.59 Å². The van der Waals surface area contributed by atoms with Crippen molar-refractivity contribution in [2.45, 2.75) is 26.4 Å². The number of aromatic nitrogens is 1. The van der Waals surface area contributed by atoms with Crippen molar-refractivity contribution in [1.82, 2.24) is 15.2 Å². The minimum Gasteiger partial charge on any atom is -0.343 e. The molecule has 1 N–H and O–H groups in total. The fraction of sp³-hybridized carbons (Fsp3) is 0.500. The first-order valence-electron chi connectivity index (χ1n) is 5.05. The van der Waals surface area contributed by atoms with Crippen molar-refractivity contribution >= 4 is 23.2 Å². The Morgan fingerprint density at radius 2 is 2.38 bits per heavy atom. The largest absolute Gasteiger partial charge is 0.343 e. The SMILES string of the molecule is Cc1nc(CN2CC(=O)NC(C)C2=O)cs1. The lowest BCUT2D eigenvalue weighted by Gasteiger charge is -2.30. The first-order chi connectivity index (χ1) is 7.56. The zero-order valence-corrected chi connectivity index (χ0v) is 10.0. The highest BCUT2D eigenvalue weighted by Gasteiger charge is 2.29. The smallest absolute Gasteiger partial charge is 0.245 e. The number of aryl methyl sites for hydroxylation is 1. The van der Waals surface area contributed by atoms with E-state index in [1.807, 2.05) is 12.3 Å². The molecule has 1 aromatic rings. The number of carbonyl (C=O) groups is 2. The number of nitrogens with zero attached hydrogens (tertiary/aromatic N) is 2. The van der Waals surface area contributed by atoms with Crippen molar-refractivity contribution < 1.29 is 9.59 Å². The molecular formula is C10H13N3O2S. The van der Waals surface area contributed by atoms with Crippen molar-refractivity contribution in [2.75, 3.05) is 6.54 Å². The van der Waals surface area contributed by atoms with E-state index >= 15 is 0 Å². The molecular weight excluding hydrogens is 226 g/mol. The Morgan fingerprint density at radius 3 is 3.00 bits per heavy atom. The molecule has 1 unspecified atom stereocenters. The summed E-state index contributed by atoms with van der Waals surface area (Å²) in [5.74, 6) is -0.163. The van der Waals surface area contributed by atoms with E-state index in [-0.39, 0.29) is 18.4 Å². The number of piperazine rings is 1. The summed E-state index contributed by atoms with van der Waals surface area (Å²) in [5, 5.41) is 5.49. The lowest BCUT2D eigenvalue weighted by atomic mass is 10.2. The Hall–Kier alpha value is -1.43. The highest BCUT2D eigenvalue weighted by molar-refractivity contribution is 7.09. The molecule has 0 bridgehead atoms. The molecule has 0 radical (unpaired) electrons. The van der Waals surface area contributed by atoms with Gasteiger partial charge in [-0.2, -0.15) is 0 Å². The molecule has 0 saturated carbocycles. The standard InChI is InChI=1S/C10H13N3O2S/c1-6-10(15)13(4-9(14)11-6)3-8-5-16-7(2)12-8/h5-6H,3-4H2,1-2H3,(H,11,14). The summed E-state index contributed by atoms with van der Waals surface area (Å²) in [5.41, 5.74) is 0.845. The first kappa shape index (κ1) is 11.1. The second-order valence-electron chi connectivity index (χ2n) is 3.84. The molecule has 6 heteroatoms. The van der Waals surface area contributed by atoms with Gasteiger partial charge in [-0.1, -0.05) is 0 Å². The lowest BCUT2D eigenvalue weighted by Crippen LogP contribution is -2.56. The fourth-order valence-electron chi connectivity index (χ4n) is 1.68. The summed E-state index contributed by atoms with van der Waals surface area (Å²) in [4.78, 5) is 28.9. The highest BCUT2D eigenvalue weighted by atomic mass is 32.1. The number of hydrogen-bond donors (Lipinski definition) is 1. The van der Waals surface area contributed by atoms with Crippen LogP contribution in [-0.4, -0.2) is 34.3 Å². The lowest BCUT2D eigenvalue weighted by molar-refractivity contribution is -0.144. The van der Waals surface area contributed by atoms with Gasteiger partial charge in [0.2, 0.25) is 11.8 Å². The monoisotopic (exact) mass is 239 g/mol. The van der Waals surface area contributed by atoms with Crippen LogP contribution in [0.1, 0.15) is 17.6 Å². The van der Waals surface area contributed by atoms with E-state index in [1.165, 1.54) is 4.90 Å². The summed E-state index contributed by atoms with van der Waals surface area (Å²) in [7, 11) is 0. The summed E-state index contributed by atoms with van der Waals surface area (Å²) >= 11 is 1.55. The molecule has 86 valence electrons. The van der Waals surface area contributed by atoms with Crippen molar-refractivity contribution in [2.24, 2.45) is 0 Å². The van der Waals surface area contributed by atoms with Crippen molar-refractivity contribution in [3.8, 4) is 0 Å². The van der Waals surface area contributed by atoms with E-state index in [0.29, 0.717) is 6.54 Å². The van der Waals surface area contributed by atoms with Gasteiger partial charge in [0, 0.05) is 5.38 Å². The molecule has 2 rings (SSSR count). The molecule has 0 aromatic carbocycles. The fourth-order valence-corrected chi connectivity index (χ4v) is 2.29. The van der Waals surface area contributed by atoms with Crippen molar-refractivity contribution in [3.05, 3.63) is 16.1 Å². The van der Waals surface area contributed by atoms with Gasteiger partial charge in [0.1, 0.15) is 12.6 Å². The Kier molecular flexibility index (Phi) is 2.91. The predicted octanol–water partition coefficient (Wildman–Crippen LogP) is 0.298. The molecule has 1 aromatic heterocycles. The van der Waals surface area contributed by atoms with Crippen LogP contribution in [0.4, 0.5) is 0 Å². The summed E-state index contributed by atoms with van der Waals surface area (Å²) < 4.78 is 0. The van der Waals surface area contributed by atoms with Gasteiger partial charge in [0.25, 0.3) is 0 Å². The van der Waals surface area contributed by atoms with E-state index in [0.717, 1.165) is 10.7 Å². The third-order valence-electron chi connectivity index (χ3n) is 2.41. The first-order valence-corrected chi connectivity index (χ1v) is 5.93. The van der Waals surface area contributed by atoms with Gasteiger partial charge in [0.05, 0.1) is 17.2 Å². The molecule has 0 aliphatic carbocycles. The molecule has 1 fully saturated rings. The molecule has 0 spiro atoms. The summed E-state index contributed by atoms with van der Waals surface area (Å²) in [6, 6.07) is -0.430.